The molecule has 0 saturated carbocycles. The molecule has 3 nitrogen and oxygen atoms in total. The summed E-state index contributed by atoms with van der Waals surface area (Å²) in [5, 5.41) is 11.2. The standard InChI is InChI=1S/C13H16N2OS/c1-10-11(9-16)5-6-13(14-10)15(2)8-12-4-3-7-17-12/h3-7,16H,8-9H2,1-2H3. The molecule has 0 amide bonds. The van der Waals surface area contributed by atoms with Crippen molar-refractivity contribution in [1.29, 1.82) is 0 Å². The number of aromatic nitrogens is 1. The van der Waals surface area contributed by atoms with Crippen LogP contribution in [0.1, 0.15) is 16.1 Å². The number of aliphatic hydroxyl groups is 1. The second-order valence-electron chi connectivity index (χ2n) is 4.01. The first-order valence-electron chi connectivity index (χ1n) is 5.51. The van der Waals surface area contributed by atoms with Crippen LogP contribution in [0.3, 0.4) is 0 Å². The van der Waals surface area contributed by atoms with E-state index in [1.165, 1.54) is 4.88 Å². The van der Waals surface area contributed by atoms with Gasteiger partial charge in [-0.1, -0.05) is 12.1 Å². The highest BCUT2D eigenvalue weighted by Crippen LogP contribution is 2.18. The predicted molar refractivity (Wildman–Crippen MR) is 71.3 cm³/mol. The summed E-state index contributed by atoms with van der Waals surface area (Å²) in [6.07, 6.45) is 0. The first-order chi connectivity index (χ1) is 8.20. The van der Waals surface area contributed by atoms with Gasteiger partial charge in [-0.05, 0) is 30.0 Å². The fraction of sp³-hybridized carbons (Fsp3) is 0.308. The quantitative estimate of drug-likeness (QED) is 0.903. The fourth-order valence-corrected chi connectivity index (χ4v) is 2.43. The number of nitrogens with zero attached hydrogens (tertiary/aromatic N) is 2. The zero-order valence-electron chi connectivity index (χ0n) is 10.1. The minimum Gasteiger partial charge on any atom is -0.392 e. The Balaban J connectivity index is 2.14. The van der Waals surface area contributed by atoms with Gasteiger partial charge in [0, 0.05) is 17.6 Å². The van der Waals surface area contributed by atoms with Gasteiger partial charge in [0.05, 0.1) is 13.2 Å². The Labute approximate surface area is 105 Å². The maximum atomic E-state index is 9.10. The van der Waals surface area contributed by atoms with Crippen molar-refractivity contribution in [2.24, 2.45) is 0 Å². The molecule has 0 aromatic carbocycles. The maximum Gasteiger partial charge on any atom is 0.128 e. The first kappa shape index (κ1) is 12.1. The van der Waals surface area contributed by atoms with Gasteiger partial charge in [-0.3, -0.25) is 0 Å². The largest absolute Gasteiger partial charge is 0.392 e. The van der Waals surface area contributed by atoms with Crippen molar-refractivity contribution in [3.8, 4) is 0 Å². The van der Waals surface area contributed by atoms with E-state index in [4.69, 9.17) is 5.11 Å². The minimum absolute atomic E-state index is 0.0494. The maximum absolute atomic E-state index is 9.10. The van der Waals surface area contributed by atoms with Crippen LogP contribution in [0.25, 0.3) is 0 Å². The van der Waals surface area contributed by atoms with Gasteiger partial charge in [0.25, 0.3) is 0 Å². The first-order valence-corrected chi connectivity index (χ1v) is 6.39. The monoisotopic (exact) mass is 248 g/mol. The molecular weight excluding hydrogens is 232 g/mol. The summed E-state index contributed by atoms with van der Waals surface area (Å²) in [6.45, 7) is 2.84. The summed E-state index contributed by atoms with van der Waals surface area (Å²) in [7, 11) is 2.03. The lowest BCUT2D eigenvalue weighted by Crippen LogP contribution is -2.17. The van der Waals surface area contributed by atoms with Gasteiger partial charge in [0.15, 0.2) is 0 Å². The molecule has 2 rings (SSSR count). The molecule has 2 aromatic heterocycles. The molecular formula is C13H16N2OS. The van der Waals surface area contributed by atoms with Gasteiger partial charge in [0.1, 0.15) is 5.82 Å². The van der Waals surface area contributed by atoms with Crippen LogP contribution in [0.15, 0.2) is 29.6 Å². The number of hydrogen-bond donors (Lipinski definition) is 1. The van der Waals surface area contributed by atoms with E-state index >= 15 is 0 Å². The highest BCUT2D eigenvalue weighted by molar-refractivity contribution is 7.09. The van der Waals surface area contributed by atoms with E-state index in [-0.39, 0.29) is 6.61 Å². The Morgan fingerprint density at radius 3 is 2.76 bits per heavy atom. The molecule has 0 unspecified atom stereocenters. The minimum atomic E-state index is 0.0494. The summed E-state index contributed by atoms with van der Waals surface area (Å²) >= 11 is 1.75. The average molecular weight is 248 g/mol. The lowest BCUT2D eigenvalue weighted by molar-refractivity contribution is 0.280. The van der Waals surface area contributed by atoms with Crippen molar-refractivity contribution in [2.75, 3.05) is 11.9 Å². The molecule has 0 radical (unpaired) electrons. The summed E-state index contributed by atoms with van der Waals surface area (Å²) in [5.41, 5.74) is 1.78. The van der Waals surface area contributed by atoms with E-state index in [1.54, 1.807) is 11.3 Å². The number of aliphatic hydroxyl groups excluding tert-OH is 1. The lowest BCUT2D eigenvalue weighted by atomic mass is 10.2. The smallest absolute Gasteiger partial charge is 0.128 e. The summed E-state index contributed by atoms with van der Waals surface area (Å²) in [6, 6.07) is 8.06. The number of thiophene rings is 1. The topological polar surface area (TPSA) is 36.4 Å². The molecule has 0 spiro atoms. The van der Waals surface area contributed by atoms with Crippen molar-refractivity contribution < 1.29 is 5.11 Å². The predicted octanol–water partition coefficient (Wildman–Crippen LogP) is 2.58. The molecule has 2 heterocycles. The van der Waals surface area contributed by atoms with E-state index in [0.29, 0.717) is 0 Å². The van der Waals surface area contributed by atoms with Crippen LogP contribution in [0.2, 0.25) is 0 Å². The second-order valence-corrected chi connectivity index (χ2v) is 5.04. The molecule has 0 atom stereocenters. The molecule has 0 saturated heterocycles. The van der Waals surface area contributed by atoms with Crippen LogP contribution in [-0.4, -0.2) is 17.1 Å². The zero-order valence-corrected chi connectivity index (χ0v) is 10.9. The summed E-state index contributed by atoms with van der Waals surface area (Å²) < 4.78 is 0. The Morgan fingerprint density at radius 1 is 1.35 bits per heavy atom. The van der Waals surface area contributed by atoms with Gasteiger partial charge in [-0.25, -0.2) is 4.98 Å². The van der Waals surface area contributed by atoms with Crippen LogP contribution >= 0.6 is 11.3 Å². The third-order valence-corrected chi connectivity index (χ3v) is 3.58. The Morgan fingerprint density at radius 2 is 2.18 bits per heavy atom. The van der Waals surface area contributed by atoms with Gasteiger partial charge in [-0.15, -0.1) is 11.3 Å². The molecule has 0 aliphatic heterocycles. The van der Waals surface area contributed by atoms with Crippen LogP contribution < -0.4 is 4.90 Å². The van der Waals surface area contributed by atoms with E-state index in [2.05, 4.69) is 27.4 Å². The molecule has 2 aromatic rings. The summed E-state index contributed by atoms with van der Waals surface area (Å²) in [5.74, 6) is 0.938. The van der Waals surface area contributed by atoms with Crippen LogP contribution in [0.5, 0.6) is 0 Å². The van der Waals surface area contributed by atoms with Crippen molar-refractivity contribution >= 4 is 17.2 Å². The van der Waals surface area contributed by atoms with Gasteiger partial charge >= 0.3 is 0 Å². The Hall–Kier alpha value is -1.39. The fourth-order valence-electron chi connectivity index (χ4n) is 1.67. The molecule has 0 bridgehead atoms. The summed E-state index contributed by atoms with van der Waals surface area (Å²) in [4.78, 5) is 7.92. The number of hydrogen-bond acceptors (Lipinski definition) is 4. The zero-order chi connectivity index (χ0) is 12.3. The second kappa shape index (κ2) is 5.29. The normalized spacial score (nSPS) is 10.5. The Kier molecular flexibility index (Phi) is 3.76. The number of pyridine rings is 1. The van der Waals surface area contributed by atoms with Crippen LogP contribution in [-0.2, 0) is 13.2 Å². The highest BCUT2D eigenvalue weighted by atomic mass is 32.1. The third-order valence-electron chi connectivity index (χ3n) is 2.72. The van der Waals surface area contributed by atoms with Crippen molar-refractivity contribution in [1.82, 2.24) is 4.98 Å². The van der Waals surface area contributed by atoms with Crippen LogP contribution in [0, 0.1) is 6.92 Å². The van der Waals surface area contributed by atoms with Crippen molar-refractivity contribution in [2.45, 2.75) is 20.1 Å². The molecule has 1 N–H and O–H groups in total. The van der Waals surface area contributed by atoms with Gasteiger partial charge in [-0.2, -0.15) is 0 Å². The van der Waals surface area contributed by atoms with Crippen molar-refractivity contribution in [3.05, 3.63) is 45.8 Å². The van der Waals surface area contributed by atoms with Gasteiger partial charge < -0.3 is 10.0 Å². The molecule has 0 aliphatic carbocycles. The third kappa shape index (κ3) is 2.84. The Bertz CT molecular complexity index is 482. The van der Waals surface area contributed by atoms with E-state index in [0.717, 1.165) is 23.6 Å². The van der Waals surface area contributed by atoms with E-state index < -0.39 is 0 Å². The van der Waals surface area contributed by atoms with Crippen LogP contribution in [0.4, 0.5) is 5.82 Å². The molecule has 4 heteroatoms. The molecule has 0 aliphatic rings. The van der Waals surface area contributed by atoms with E-state index in [9.17, 15) is 0 Å². The molecule has 17 heavy (non-hydrogen) atoms. The molecule has 90 valence electrons. The highest BCUT2D eigenvalue weighted by Gasteiger charge is 2.06. The van der Waals surface area contributed by atoms with E-state index in [1.807, 2.05) is 26.1 Å². The number of aryl methyl sites for hydroxylation is 1. The lowest BCUT2D eigenvalue weighted by Gasteiger charge is -2.18. The SMILES string of the molecule is Cc1nc(N(C)Cc2cccs2)ccc1CO. The van der Waals surface area contributed by atoms with Crippen molar-refractivity contribution in [3.63, 3.8) is 0 Å². The number of rotatable bonds is 4. The molecule has 0 fully saturated rings. The number of anilines is 1. The average Bonchev–Trinajstić information content (AvgIpc) is 2.81. The van der Waals surface area contributed by atoms with Gasteiger partial charge in [0.2, 0.25) is 0 Å².